The van der Waals surface area contributed by atoms with E-state index in [4.69, 9.17) is 4.74 Å². The first kappa shape index (κ1) is 22.7. The van der Waals surface area contributed by atoms with Crippen molar-refractivity contribution < 1.29 is 27.5 Å². The van der Waals surface area contributed by atoms with Crippen molar-refractivity contribution in [3.63, 3.8) is 0 Å². The number of quaternary nitrogens is 1. The first-order valence-electron chi connectivity index (χ1n) is 9.07. The number of rotatable bonds is 10. The summed E-state index contributed by atoms with van der Waals surface area (Å²) in [5.74, 6) is 0.201. The maximum absolute atomic E-state index is 12.8. The van der Waals surface area contributed by atoms with Gasteiger partial charge in [-0.25, -0.2) is 0 Å². The van der Waals surface area contributed by atoms with Gasteiger partial charge in [-0.05, 0) is 36.4 Å². The van der Waals surface area contributed by atoms with Gasteiger partial charge in [0.25, 0.3) is 0 Å². The molecule has 8 nitrogen and oxygen atoms in total. The lowest BCUT2D eigenvalue weighted by atomic mass is 10.2. The van der Waals surface area contributed by atoms with E-state index in [9.17, 15) is 18.3 Å². The van der Waals surface area contributed by atoms with Crippen LogP contribution < -0.4 is 9.46 Å². The van der Waals surface area contributed by atoms with Gasteiger partial charge in [-0.2, -0.15) is 12.7 Å². The van der Waals surface area contributed by atoms with Crippen molar-refractivity contribution in [1.82, 2.24) is 4.31 Å². The Hall–Kier alpha value is -2.62. The molecule has 0 aliphatic rings. The third-order valence-electron chi connectivity index (χ3n) is 4.14. The number of hydrogen-bond acceptors (Lipinski definition) is 4. The molecule has 158 valence electrons. The van der Waals surface area contributed by atoms with Crippen molar-refractivity contribution >= 4 is 21.9 Å². The van der Waals surface area contributed by atoms with Crippen molar-refractivity contribution in [2.45, 2.75) is 12.5 Å². The lowest BCUT2D eigenvalue weighted by Gasteiger charge is -2.33. The Kier molecular flexibility index (Phi) is 7.23. The summed E-state index contributed by atoms with van der Waals surface area (Å²) in [7, 11) is 3.10. The van der Waals surface area contributed by atoms with Crippen LogP contribution in [-0.2, 0) is 15.0 Å². The Morgan fingerprint density at radius 2 is 1.62 bits per heavy atom. The molecule has 0 fully saturated rings. The maximum atomic E-state index is 12.8. The van der Waals surface area contributed by atoms with Crippen LogP contribution in [0.4, 0.5) is 5.69 Å². The van der Waals surface area contributed by atoms with Crippen molar-refractivity contribution in [1.29, 1.82) is 0 Å². The molecule has 2 aromatic carbocycles. The number of benzene rings is 2. The predicted molar refractivity (Wildman–Crippen MR) is 112 cm³/mol. The zero-order chi connectivity index (χ0) is 21.7. The average molecular weight is 423 g/mol. The van der Waals surface area contributed by atoms with E-state index in [1.165, 1.54) is 7.05 Å². The quantitative estimate of drug-likeness (QED) is 0.574. The SMILES string of the molecule is CN(C(CC(=O)O)C[N+](C)(C)C)S(=O)(=O)Nc1ccc(Oc2ccccc2)cc1. The first-order valence-corrected chi connectivity index (χ1v) is 10.5. The van der Waals surface area contributed by atoms with Crippen LogP contribution in [0.5, 0.6) is 11.5 Å². The molecule has 0 aliphatic carbocycles. The fraction of sp³-hybridized carbons (Fsp3) is 0.350. The molecule has 2 N–H and O–H groups in total. The normalized spacial score (nSPS) is 13.1. The number of anilines is 1. The monoisotopic (exact) mass is 422 g/mol. The van der Waals surface area contributed by atoms with Crippen molar-refractivity contribution in [2.75, 3.05) is 39.5 Å². The van der Waals surface area contributed by atoms with Gasteiger partial charge in [0.2, 0.25) is 0 Å². The van der Waals surface area contributed by atoms with E-state index < -0.39 is 22.2 Å². The molecule has 1 unspecified atom stereocenters. The molecular formula is C20H28N3O5S+. The van der Waals surface area contributed by atoms with Gasteiger partial charge >= 0.3 is 16.2 Å². The predicted octanol–water partition coefficient (Wildman–Crippen LogP) is 2.62. The minimum atomic E-state index is -3.93. The van der Waals surface area contributed by atoms with Gasteiger partial charge in [0.05, 0.1) is 45.8 Å². The molecule has 9 heteroatoms. The zero-order valence-corrected chi connectivity index (χ0v) is 17.9. The standard InChI is InChI=1S/C20H27N3O5S/c1-22(17(14-20(24)25)15-23(2,3)4)29(26,27)21-16-10-12-19(13-11-16)28-18-8-6-5-7-9-18/h5-13,17,21H,14-15H2,1-4H3/p+1. The Morgan fingerprint density at radius 3 is 2.14 bits per heavy atom. The van der Waals surface area contributed by atoms with E-state index in [0.29, 0.717) is 28.2 Å². The molecule has 2 rings (SSSR count). The van der Waals surface area contributed by atoms with Crippen molar-refractivity contribution in [3.05, 3.63) is 54.6 Å². The molecular weight excluding hydrogens is 394 g/mol. The van der Waals surface area contributed by atoms with Gasteiger partial charge in [0, 0.05) is 7.05 Å². The summed E-state index contributed by atoms with van der Waals surface area (Å²) < 4.78 is 35.2. The number of carboxylic acid groups (broad SMARTS) is 1. The maximum Gasteiger partial charge on any atom is 0.305 e. The zero-order valence-electron chi connectivity index (χ0n) is 17.1. The Bertz CT molecular complexity index is 909. The Morgan fingerprint density at radius 1 is 1.07 bits per heavy atom. The van der Waals surface area contributed by atoms with Gasteiger partial charge in [0.1, 0.15) is 11.5 Å². The molecule has 2 aromatic rings. The van der Waals surface area contributed by atoms with E-state index in [0.717, 1.165) is 4.31 Å². The molecule has 0 heterocycles. The number of likely N-dealkylation sites (N-methyl/N-ethyl adjacent to an activating group) is 2. The van der Waals surface area contributed by atoms with Crippen LogP contribution in [0, 0.1) is 0 Å². The topological polar surface area (TPSA) is 95.9 Å². The second-order valence-corrected chi connectivity index (χ2v) is 9.52. The van der Waals surface area contributed by atoms with Crippen LogP contribution in [0.15, 0.2) is 54.6 Å². The molecule has 0 amide bonds. The molecule has 29 heavy (non-hydrogen) atoms. The summed E-state index contributed by atoms with van der Waals surface area (Å²) in [6.45, 7) is 0.355. The van der Waals surface area contributed by atoms with Crippen LogP contribution in [0.1, 0.15) is 6.42 Å². The molecule has 0 radical (unpaired) electrons. The van der Waals surface area contributed by atoms with Gasteiger partial charge in [-0.3, -0.25) is 9.52 Å². The van der Waals surface area contributed by atoms with Crippen molar-refractivity contribution in [3.8, 4) is 11.5 Å². The molecule has 0 saturated heterocycles. The van der Waals surface area contributed by atoms with Crippen LogP contribution in [-0.4, -0.2) is 69.1 Å². The Labute approximate surface area is 172 Å². The van der Waals surface area contributed by atoms with E-state index in [-0.39, 0.29) is 6.42 Å². The summed E-state index contributed by atoms with van der Waals surface area (Å²) in [4.78, 5) is 11.2. The summed E-state index contributed by atoms with van der Waals surface area (Å²) in [5, 5.41) is 9.17. The molecule has 1 atom stereocenters. The lowest BCUT2D eigenvalue weighted by molar-refractivity contribution is -0.872. The van der Waals surface area contributed by atoms with Crippen LogP contribution in [0.3, 0.4) is 0 Å². The van der Waals surface area contributed by atoms with Gasteiger partial charge in [0.15, 0.2) is 0 Å². The number of aliphatic carboxylic acids is 1. The molecule has 0 aromatic heterocycles. The van der Waals surface area contributed by atoms with Gasteiger partial charge in [-0.1, -0.05) is 18.2 Å². The largest absolute Gasteiger partial charge is 0.481 e. The molecule has 0 saturated carbocycles. The number of nitrogens with one attached hydrogen (secondary N) is 1. The number of ether oxygens (including phenoxy) is 1. The summed E-state index contributed by atoms with van der Waals surface area (Å²) >= 11 is 0. The average Bonchev–Trinajstić information content (AvgIpc) is 2.61. The number of para-hydroxylation sites is 1. The van der Waals surface area contributed by atoms with E-state index in [1.807, 2.05) is 51.5 Å². The number of carbonyl (C=O) groups is 1. The van der Waals surface area contributed by atoms with Gasteiger partial charge in [-0.15, -0.1) is 0 Å². The number of carboxylic acids is 1. The highest BCUT2D eigenvalue weighted by Crippen LogP contribution is 2.23. The third-order valence-corrected chi connectivity index (χ3v) is 5.69. The molecule has 0 bridgehead atoms. The van der Waals surface area contributed by atoms with Gasteiger partial charge < -0.3 is 14.3 Å². The number of nitrogens with zero attached hydrogens (tertiary/aromatic N) is 2. The Balaban J connectivity index is 2.10. The smallest absolute Gasteiger partial charge is 0.305 e. The fourth-order valence-electron chi connectivity index (χ4n) is 2.77. The lowest BCUT2D eigenvalue weighted by Crippen LogP contribution is -2.51. The summed E-state index contributed by atoms with van der Waals surface area (Å²) in [6.07, 6.45) is -0.281. The highest BCUT2D eigenvalue weighted by atomic mass is 32.2. The van der Waals surface area contributed by atoms with Crippen LogP contribution in [0.2, 0.25) is 0 Å². The minimum absolute atomic E-state index is 0.281. The van der Waals surface area contributed by atoms with Crippen molar-refractivity contribution in [2.24, 2.45) is 0 Å². The number of hydrogen-bond donors (Lipinski definition) is 2. The first-order chi connectivity index (χ1) is 13.5. The highest BCUT2D eigenvalue weighted by molar-refractivity contribution is 7.90. The van der Waals surface area contributed by atoms with Crippen LogP contribution >= 0.6 is 0 Å². The molecule has 0 aliphatic heterocycles. The van der Waals surface area contributed by atoms with E-state index in [2.05, 4.69) is 4.72 Å². The third kappa shape index (κ3) is 7.37. The second kappa shape index (κ2) is 9.25. The van der Waals surface area contributed by atoms with E-state index >= 15 is 0 Å². The van der Waals surface area contributed by atoms with Crippen LogP contribution in [0.25, 0.3) is 0 Å². The second-order valence-electron chi connectivity index (χ2n) is 7.79. The summed E-state index contributed by atoms with van der Waals surface area (Å²) in [5.41, 5.74) is 0.358. The minimum Gasteiger partial charge on any atom is -0.481 e. The highest BCUT2D eigenvalue weighted by Gasteiger charge is 2.32. The fourth-order valence-corrected chi connectivity index (χ4v) is 3.89. The summed E-state index contributed by atoms with van der Waals surface area (Å²) in [6, 6.07) is 15.1. The van der Waals surface area contributed by atoms with E-state index in [1.54, 1.807) is 24.3 Å². The molecule has 0 spiro atoms.